The van der Waals surface area contributed by atoms with Gasteiger partial charge in [-0.3, -0.25) is 4.79 Å². The molecular formula is C11H9ClF5NOS. The Labute approximate surface area is 120 Å². The van der Waals surface area contributed by atoms with Gasteiger partial charge in [-0.1, -0.05) is 17.7 Å². The molecule has 2 N–H and O–H groups in total. The van der Waals surface area contributed by atoms with Gasteiger partial charge in [0.05, 0.1) is 11.4 Å². The molecule has 0 aliphatic heterocycles. The number of benzene rings is 1. The standard InChI is InChI=1S/C11H9ClF5NOS/c12-7-2-1-6(5-8(7)13)11(17,9(18)19)20-4-3-10(14,15)16/h1-2,5H,3-4H2,(H2,18,19). The third-order valence-electron chi connectivity index (χ3n) is 2.29. The highest BCUT2D eigenvalue weighted by Gasteiger charge is 2.41. The van der Waals surface area contributed by atoms with Gasteiger partial charge in [0, 0.05) is 11.3 Å². The van der Waals surface area contributed by atoms with Crippen LogP contribution >= 0.6 is 23.4 Å². The van der Waals surface area contributed by atoms with Crippen molar-refractivity contribution in [2.75, 3.05) is 5.75 Å². The van der Waals surface area contributed by atoms with Crippen molar-refractivity contribution >= 4 is 29.3 Å². The lowest BCUT2D eigenvalue weighted by Gasteiger charge is -2.22. The Kier molecular flexibility index (Phi) is 5.26. The van der Waals surface area contributed by atoms with E-state index < -0.39 is 40.6 Å². The predicted molar refractivity (Wildman–Crippen MR) is 66.5 cm³/mol. The van der Waals surface area contributed by atoms with E-state index in [0.717, 1.165) is 12.1 Å². The van der Waals surface area contributed by atoms with Gasteiger partial charge >= 0.3 is 6.18 Å². The Morgan fingerprint density at radius 2 is 1.90 bits per heavy atom. The summed E-state index contributed by atoms with van der Waals surface area (Å²) in [6.45, 7) is 0. The molecule has 112 valence electrons. The molecule has 0 spiro atoms. The summed E-state index contributed by atoms with van der Waals surface area (Å²) in [5, 5.41) is -3.25. The van der Waals surface area contributed by atoms with Gasteiger partial charge in [-0.25, -0.2) is 8.78 Å². The summed E-state index contributed by atoms with van der Waals surface area (Å²) in [7, 11) is 0. The second kappa shape index (κ2) is 6.17. The third-order valence-corrected chi connectivity index (χ3v) is 3.84. The first kappa shape index (κ1) is 17.0. The molecule has 2 nitrogen and oxygen atoms in total. The number of thioether (sulfide) groups is 1. The Balaban J connectivity index is 2.96. The highest BCUT2D eigenvalue weighted by molar-refractivity contribution is 8.00. The van der Waals surface area contributed by atoms with Gasteiger partial charge in [0.2, 0.25) is 0 Å². The highest BCUT2D eigenvalue weighted by Crippen LogP contribution is 2.40. The fraction of sp³-hybridized carbons (Fsp3) is 0.364. The quantitative estimate of drug-likeness (QED) is 0.833. The molecule has 1 aromatic rings. The summed E-state index contributed by atoms with van der Waals surface area (Å²) in [6, 6.07) is 2.62. The van der Waals surface area contributed by atoms with E-state index in [9.17, 15) is 26.7 Å². The number of carbonyl (C=O) groups is 1. The molecule has 0 aliphatic rings. The SMILES string of the molecule is NC(=O)C(F)(SCCC(F)(F)F)c1ccc(Cl)c(F)c1. The van der Waals surface area contributed by atoms with Gasteiger partial charge in [0.15, 0.2) is 0 Å². The summed E-state index contributed by atoms with van der Waals surface area (Å²) >= 11 is 5.46. The number of halogens is 6. The third kappa shape index (κ3) is 4.24. The minimum atomic E-state index is -4.49. The second-order valence-corrected chi connectivity index (χ2v) is 5.47. The number of alkyl halides is 4. The molecule has 0 fully saturated rings. The summed E-state index contributed by atoms with van der Waals surface area (Å²) in [5.41, 5.74) is 4.38. The van der Waals surface area contributed by atoms with Crippen molar-refractivity contribution in [2.45, 2.75) is 17.6 Å². The van der Waals surface area contributed by atoms with Crippen LogP contribution in [0.3, 0.4) is 0 Å². The molecule has 1 atom stereocenters. The Hall–Kier alpha value is -1.02. The number of amides is 1. The van der Waals surface area contributed by atoms with E-state index in [0.29, 0.717) is 6.07 Å². The summed E-state index contributed by atoms with van der Waals surface area (Å²) < 4.78 is 63.8. The van der Waals surface area contributed by atoms with Crippen molar-refractivity contribution in [2.24, 2.45) is 5.73 Å². The molecule has 0 bridgehead atoms. The molecule has 0 radical (unpaired) electrons. The lowest BCUT2D eigenvalue weighted by molar-refractivity contribution is -0.130. The van der Waals surface area contributed by atoms with Crippen LogP contribution in [0.2, 0.25) is 5.02 Å². The normalized spacial score (nSPS) is 14.9. The van der Waals surface area contributed by atoms with E-state index in [2.05, 4.69) is 0 Å². The van der Waals surface area contributed by atoms with E-state index in [4.69, 9.17) is 17.3 Å². The molecule has 1 rings (SSSR count). The summed E-state index contributed by atoms with van der Waals surface area (Å²) in [4.78, 5) is 11.2. The average molecular weight is 334 g/mol. The summed E-state index contributed by atoms with van der Waals surface area (Å²) in [5.74, 6) is -3.23. The van der Waals surface area contributed by atoms with E-state index in [1.807, 2.05) is 0 Å². The number of carbonyl (C=O) groups excluding carboxylic acids is 1. The fourth-order valence-corrected chi connectivity index (χ4v) is 2.47. The van der Waals surface area contributed by atoms with Gasteiger partial charge in [0.1, 0.15) is 5.82 Å². The van der Waals surface area contributed by atoms with Crippen molar-refractivity contribution in [1.29, 1.82) is 0 Å². The number of rotatable bonds is 5. The van der Waals surface area contributed by atoms with Gasteiger partial charge < -0.3 is 5.73 Å². The van der Waals surface area contributed by atoms with Crippen molar-refractivity contribution in [3.63, 3.8) is 0 Å². The molecule has 1 aromatic carbocycles. The molecule has 1 amide bonds. The van der Waals surface area contributed by atoms with Crippen LogP contribution < -0.4 is 5.73 Å². The number of primary amides is 1. The summed E-state index contributed by atoms with van der Waals surface area (Å²) in [6.07, 6.45) is -5.79. The monoisotopic (exact) mass is 333 g/mol. The van der Waals surface area contributed by atoms with Crippen LogP contribution in [0, 0.1) is 5.82 Å². The second-order valence-electron chi connectivity index (χ2n) is 3.80. The van der Waals surface area contributed by atoms with E-state index in [-0.39, 0.29) is 16.8 Å². The zero-order valence-electron chi connectivity index (χ0n) is 9.81. The molecule has 0 heterocycles. The first-order valence-electron chi connectivity index (χ1n) is 5.21. The first-order valence-corrected chi connectivity index (χ1v) is 6.57. The molecule has 9 heteroatoms. The maximum absolute atomic E-state index is 14.4. The molecular weight excluding hydrogens is 325 g/mol. The molecule has 0 saturated carbocycles. The number of hydrogen-bond acceptors (Lipinski definition) is 2. The van der Waals surface area contributed by atoms with Gasteiger partial charge in [-0.05, 0) is 12.1 Å². The lowest BCUT2D eigenvalue weighted by atomic mass is 10.1. The van der Waals surface area contributed by atoms with E-state index in [1.54, 1.807) is 0 Å². The molecule has 0 aromatic heterocycles. The van der Waals surface area contributed by atoms with Crippen LogP contribution in [0.5, 0.6) is 0 Å². The van der Waals surface area contributed by atoms with Crippen molar-refractivity contribution in [1.82, 2.24) is 0 Å². The largest absolute Gasteiger partial charge is 0.389 e. The fourth-order valence-electron chi connectivity index (χ4n) is 1.30. The zero-order valence-corrected chi connectivity index (χ0v) is 11.4. The average Bonchev–Trinajstić information content (AvgIpc) is 2.30. The number of nitrogens with two attached hydrogens (primary N) is 1. The van der Waals surface area contributed by atoms with Gasteiger partial charge in [-0.2, -0.15) is 13.2 Å². The minimum absolute atomic E-state index is 0.0555. The van der Waals surface area contributed by atoms with Crippen LogP contribution in [0.25, 0.3) is 0 Å². The zero-order chi connectivity index (χ0) is 15.6. The molecule has 20 heavy (non-hydrogen) atoms. The Morgan fingerprint density at radius 1 is 1.30 bits per heavy atom. The van der Waals surface area contributed by atoms with E-state index in [1.165, 1.54) is 0 Å². The maximum Gasteiger partial charge on any atom is 0.389 e. The smallest absolute Gasteiger partial charge is 0.366 e. The van der Waals surface area contributed by atoms with Crippen molar-refractivity contribution in [3.8, 4) is 0 Å². The van der Waals surface area contributed by atoms with Crippen molar-refractivity contribution < 1.29 is 26.7 Å². The van der Waals surface area contributed by atoms with Crippen molar-refractivity contribution in [3.05, 3.63) is 34.6 Å². The maximum atomic E-state index is 14.4. The molecule has 0 saturated heterocycles. The van der Waals surface area contributed by atoms with Crippen LogP contribution in [0.15, 0.2) is 18.2 Å². The van der Waals surface area contributed by atoms with Gasteiger partial charge in [-0.15, -0.1) is 11.8 Å². The highest BCUT2D eigenvalue weighted by atomic mass is 35.5. The van der Waals surface area contributed by atoms with E-state index >= 15 is 0 Å². The predicted octanol–water partition coefficient (Wildman–Crippen LogP) is 3.77. The minimum Gasteiger partial charge on any atom is -0.366 e. The van der Waals surface area contributed by atoms with Crippen LogP contribution in [0.4, 0.5) is 22.0 Å². The lowest BCUT2D eigenvalue weighted by Crippen LogP contribution is -2.35. The van der Waals surface area contributed by atoms with Crippen LogP contribution in [0.1, 0.15) is 12.0 Å². The van der Waals surface area contributed by atoms with Crippen LogP contribution in [-0.4, -0.2) is 17.8 Å². The molecule has 1 unspecified atom stereocenters. The van der Waals surface area contributed by atoms with Gasteiger partial charge in [0.25, 0.3) is 10.9 Å². The molecule has 0 aliphatic carbocycles. The number of hydrogen-bond donors (Lipinski definition) is 1. The van der Waals surface area contributed by atoms with Crippen LogP contribution in [-0.2, 0) is 9.80 Å². The Morgan fingerprint density at radius 3 is 2.35 bits per heavy atom. The first-order chi connectivity index (χ1) is 9.06. The topological polar surface area (TPSA) is 43.1 Å². The Bertz CT molecular complexity index is 510.